The van der Waals surface area contributed by atoms with Crippen LogP contribution in [-0.4, -0.2) is 36.6 Å². The smallest absolute Gasteiger partial charge is 0.254 e. The molecule has 3 rings (SSSR count). The van der Waals surface area contributed by atoms with Crippen molar-refractivity contribution in [1.82, 2.24) is 4.90 Å². The maximum Gasteiger partial charge on any atom is 0.254 e. The van der Waals surface area contributed by atoms with Crippen LogP contribution in [0.25, 0.3) is 0 Å². The van der Waals surface area contributed by atoms with Crippen LogP contribution >= 0.6 is 0 Å². The van der Waals surface area contributed by atoms with Gasteiger partial charge in [-0.25, -0.2) is 0 Å². The van der Waals surface area contributed by atoms with Crippen LogP contribution in [-0.2, 0) is 16.1 Å². The number of nitriles is 2. The van der Waals surface area contributed by atoms with E-state index >= 15 is 0 Å². The molecule has 0 saturated carbocycles. The monoisotopic (exact) mass is 346 g/mol. The average Bonchev–Trinajstić information content (AvgIpc) is 2.69. The number of benzene rings is 2. The van der Waals surface area contributed by atoms with Crippen molar-refractivity contribution in [3.05, 3.63) is 65.2 Å². The summed E-state index contributed by atoms with van der Waals surface area (Å²) in [5.74, 6) is -0.253. The van der Waals surface area contributed by atoms with Gasteiger partial charge in [0.1, 0.15) is 18.2 Å². The molecule has 0 unspecified atom stereocenters. The molecular weight excluding hydrogens is 328 g/mol. The number of rotatable bonds is 4. The average molecular weight is 346 g/mol. The van der Waals surface area contributed by atoms with Crippen molar-refractivity contribution in [2.24, 2.45) is 0 Å². The van der Waals surface area contributed by atoms with E-state index in [1.54, 1.807) is 6.07 Å². The highest BCUT2D eigenvalue weighted by molar-refractivity contribution is 5.94. The van der Waals surface area contributed by atoms with E-state index in [1.807, 2.05) is 30.3 Å². The third kappa shape index (κ3) is 4.25. The lowest BCUT2D eigenvalue weighted by atomic mass is 10.1. The SMILES string of the molecule is N#Cc1ccc(NC(=O)[C@H]2CN(Cc3ccccc3)CCO2)cc1C#N. The molecule has 1 aliphatic rings. The van der Waals surface area contributed by atoms with Gasteiger partial charge in [0.05, 0.1) is 17.7 Å². The van der Waals surface area contributed by atoms with Gasteiger partial charge in [0.15, 0.2) is 0 Å². The molecule has 0 aromatic heterocycles. The van der Waals surface area contributed by atoms with E-state index in [0.717, 1.165) is 13.1 Å². The molecule has 1 fully saturated rings. The maximum absolute atomic E-state index is 12.5. The van der Waals surface area contributed by atoms with Gasteiger partial charge < -0.3 is 10.1 Å². The molecule has 1 aliphatic heterocycles. The van der Waals surface area contributed by atoms with Crippen LogP contribution in [0.3, 0.4) is 0 Å². The zero-order valence-corrected chi connectivity index (χ0v) is 14.2. The van der Waals surface area contributed by atoms with Crippen LogP contribution in [0, 0.1) is 22.7 Å². The Morgan fingerprint density at radius 1 is 1.15 bits per heavy atom. The summed E-state index contributed by atoms with van der Waals surface area (Å²) in [5.41, 5.74) is 2.20. The van der Waals surface area contributed by atoms with Gasteiger partial charge in [-0.2, -0.15) is 10.5 Å². The summed E-state index contributed by atoms with van der Waals surface area (Å²) in [5, 5.41) is 20.8. The minimum absolute atomic E-state index is 0.237. The van der Waals surface area contributed by atoms with E-state index in [-0.39, 0.29) is 17.0 Å². The normalized spacial score (nSPS) is 17.1. The lowest BCUT2D eigenvalue weighted by Crippen LogP contribution is -2.47. The van der Waals surface area contributed by atoms with Crippen molar-refractivity contribution < 1.29 is 9.53 Å². The van der Waals surface area contributed by atoms with Crippen molar-refractivity contribution in [3.8, 4) is 12.1 Å². The molecule has 1 N–H and O–H groups in total. The van der Waals surface area contributed by atoms with Gasteiger partial charge >= 0.3 is 0 Å². The number of morpholine rings is 1. The molecule has 1 heterocycles. The molecule has 1 amide bonds. The van der Waals surface area contributed by atoms with Crippen LogP contribution in [0.15, 0.2) is 48.5 Å². The summed E-state index contributed by atoms with van der Waals surface area (Å²) in [7, 11) is 0. The fourth-order valence-electron chi connectivity index (χ4n) is 2.88. The lowest BCUT2D eigenvalue weighted by Gasteiger charge is -2.32. The third-order valence-corrected chi connectivity index (χ3v) is 4.22. The Labute approximate surface area is 152 Å². The first kappa shape index (κ1) is 17.6. The summed E-state index contributed by atoms with van der Waals surface area (Å²) in [6.07, 6.45) is -0.575. The summed E-state index contributed by atoms with van der Waals surface area (Å²) < 4.78 is 5.61. The molecule has 1 saturated heterocycles. The van der Waals surface area contributed by atoms with Gasteiger partial charge in [-0.05, 0) is 23.8 Å². The Hall–Kier alpha value is -3.19. The first-order chi connectivity index (χ1) is 12.7. The number of nitrogens with zero attached hydrogens (tertiary/aromatic N) is 3. The van der Waals surface area contributed by atoms with Gasteiger partial charge in [0.25, 0.3) is 5.91 Å². The molecule has 1 atom stereocenters. The number of ether oxygens (including phenoxy) is 1. The molecular formula is C20H18N4O2. The number of hydrogen-bond acceptors (Lipinski definition) is 5. The second-order valence-electron chi connectivity index (χ2n) is 6.05. The summed E-state index contributed by atoms with van der Waals surface area (Å²) in [6.45, 7) is 2.53. The van der Waals surface area contributed by atoms with Crippen molar-refractivity contribution in [1.29, 1.82) is 10.5 Å². The van der Waals surface area contributed by atoms with E-state index < -0.39 is 6.10 Å². The number of carbonyl (C=O) groups is 1. The van der Waals surface area contributed by atoms with Crippen LogP contribution < -0.4 is 5.32 Å². The van der Waals surface area contributed by atoms with Crippen LogP contribution in [0.4, 0.5) is 5.69 Å². The molecule has 0 spiro atoms. The van der Waals surface area contributed by atoms with Gasteiger partial charge in [-0.1, -0.05) is 30.3 Å². The lowest BCUT2D eigenvalue weighted by molar-refractivity contribution is -0.133. The molecule has 26 heavy (non-hydrogen) atoms. The maximum atomic E-state index is 12.5. The minimum Gasteiger partial charge on any atom is -0.366 e. The van der Waals surface area contributed by atoms with Gasteiger partial charge in [0, 0.05) is 25.3 Å². The predicted molar refractivity (Wildman–Crippen MR) is 96.0 cm³/mol. The Morgan fingerprint density at radius 2 is 1.92 bits per heavy atom. The van der Waals surface area contributed by atoms with Gasteiger partial charge in [-0.3, -0.25) is 9.69 Å². The van der Waals surface area contributed by atoms with E-state index in [9.17, 15) is 4.79 Å². The van der Waals surface area contributed by atoms with E-state index in [2.05, 4.69) is 22.3 Å². The number of nitrogens with one attached hydrogen (secondary N) is 1. The minimum atomic E-state index is -0.575. The predicted octanol–water partition coefficient (Wildman–Crippen LogP) is 2.27. The Balaban J connectivity index is 1.63. The van der Waals surface area contributed by atoms with E-state index in [4.69, 9.17) is 15.3 Å². The highest BCUT2D eigenvalue weighted by atomic mass is 16.5. The van der Waals surface area contributed by atoms with Crippen LogP contribution in [0.1, 0.15) is 16.7 Å². The highest BCUT2D eigenvalue weighted by Gasteiger charge is 2.26. The number of hydrogen-bond donors (Lipinski definition) is 1. The summed E-state index contributed by atoms with van der Waals surface area (Å²) in [6, 6.07) is 18.6. The highest BCUT2D eigenvalue weighted by Crippen LogP contribution is 2.17. The number of amides is 1. The Bertz CT molecular complexity index is 868. The first-order valence-electron chi connectivity index (χ1n) is 8.32. The molecule has 2 aromatic carbocycles. The van der Waals surface area contributed by atoms with Crippen molar-refractivity contribution in [2.75, 3.05) is 25.0 Å². The number of carbonyl (C=O) groups excluding carboxylic acids is 1. The molecule has 0 bridgehead atoms. The zero-order valence-electron chi connectivity index (χ0n) is 14.2. The molecule has 0 aliphatic carbocycles. The molecule has 6 nitrogen and oxygen atoms in total. The van der Waals surface area contributed by atoms with E-state index in [1.165, 1.54) is 17.7 Å². The summed E-state index contributed by atoms with van der Waals surface area (Å²) in [4.78, 5) is 14.7. The zero-order chi connectivity index (χ0) is 18.4. The van der Waals surface area contributed by atoms with Crippen molar-refractivity contribution >= 4 is 11.6 Å². The van der Waals surface area contributed by atoms with Gasteiger partial charge in [-0.15, -0.1) is 0 Å². The molecule has 6 heteroatoms. The standard InChI is InChI=1S/C20H18N4O2/c21-11-16-6-7-18(10-17(16)12-22)23-20(25)19-14-24(8-9-26-19)13-15-4-2-1-3-5-15/h1-7,10,19H,8-9,13-14H2,(H,23,25)/t19-/m1/s1. The van der Waals surface area contributed by atoms with Crippen molar-refractivity contribution in [3.63, 3.8) is 0 Å². The Morgan fingerprint density at radius 3 is 2.65 bits per heavy atom. The van der Waals surface area contributed by atoms with Crippen LogP contribution in [0.2, 0.25) is 0 Å². The fraction of sp³-hybridized carbons (Fsp3) is 0.250. The topological polar surface area (TPSA) is 89.2 Å². The van der Waals surface area contributed by atoms with Crippen molar-refractivity contribution in [2.45, 2.75) is 12.6 Å². The summed E-state index contributed by atoms with van der Waals surface area (Å²) >= 11 is 0. The van der Waals surface area contributed by atoms with E-state index in [0.29, 0.717) is 18.8 Å². The Kier molecular flexibility index (Phi) is 5.60. The second kappa shape index (κ2) is 8.26. The first-order valence-corrected chi connectivity index (χ1v) is 8.32. The number of anilines is 1. The fourth-order valence-corrected chi connectivity index (χ4v) is 2.88. The molecule has 2 aromatic rings. The molecule has 130 valence electrons. The second-order valence-corrected chi connectivity index (χ2v) is 6.05. The third-order valence-electron chi connectivity index (χ3n) is 4.22. The van der Waals surface area contributed by atoms with Gasteiger partial charge in [0.2, 0.25) is 0 Å². The quantitative estimate of drug-likeness (QED) is 0.917. The largest absolute Gasteiger partial charge is 0.366 e. The van der Waals surface area contributed by atoms with Crippen LogP contribution in [0.5, 0.6) is 0 Å². The molecule has 0 radical (unpaired) electrons.